The van der Waals surface area contributed by atoms with E-state index < -0.39 is 0 Å². The third-order valence-corrected chi connectivity index (χ3v) is 10.1. The minimum Gasteiger partial charge on any atom is -1.00 e. The van der Waals surface area contributed by atoms with Crippen LogP contribution < -0.4 is 24.8 Å². The summed E-state index contributed by atoms with van der Waals surface area (Å²) in [7, 11) is 0. The molecule has 9 rings (SSSR count). The summed E-state index contributed by atoms with van der Waals surface area (Å²) < 4.78 is 0. The number of benzene rings is 4. The number of nitrogens with zero attached hydrogens (tertiary/aromatic N) is 2. The third-order valence-electron chi connectivity index (χ3n) is 10.1. The second-order valence-electron chi connectivity index (χ2n) is 14.0. The Bertz CT molecular complexity index is 2370. The van der Waals surface area contributed by atoms with Crippen LogP contribution in [0.1, 0.15) is 45.0 Å². The molecule has 0 saturated carbocycles. The van der Waals surface area contributed by atoms with Crippen LogP contribution in [0.15, 0.2) is 121 Å². The molecule has 0 unspecified atom stereocenters. The van der Waals surface area contributed by atoms with E-state index in [1.165, 1.54) is 22.3 Å². The number of halogens is 2. The molecule has 2 aliphatic rings. The van der Waals surface area contributed by atoms with Crippen LogP contribution in [0.25, 0.3) is 90.9 Å². The molecule has 55 heavy (non-hydrogen) atoms. The van der Waals surface area contributed by atoms with Gasteiger partial charge in [0.2, 0.25) is 0 Å². The predicted octanol–water partition coefficient (Wildman–Crippen LogP) is 6.56. The van der Waals surface area contributed by atoms with E-state index in [0.717, 1.165) is 89.4 Å². The molecule has 4 nitrogen and oxygen atoms in total. The topological polar surface area (TPSA) is 57.4 Å². The van der Waals surface area contributed by atoms with Crippen molar-refractivity contribution in [3.05, 3.63) is 166 Å². The molecule has 0 spiro atoms. The van der Waals surface area contributed by atoms with Gasteiger partial charge in [-0.2, -0.15) is 0 Å². The summed E-state index contributed by atoms with van der Waals surface area (Å²) in [4.78, 5) is 18.5. The number of hydrogen-bond acceptors (Lipinski definition) is 2. The average molecular weight is 807 g/mol. The molecule has 0 fully saturated rings. The van der Waals surface area contributed by atoms with Gasteiger partial charge in [0.05, 0.1) is 22.8 Å². The van der Waals surface area contributed by atoms with E-state index >= 15 is 0 Å². The van der Waals surface area contributed by atoms with Gasteiger partial charge in [0.1, 0.15) is 0 Å². The molecule has 0 amide bonds. The Morgan fingerprint density at radius 3 is 0.709 bits per heavy atom. The number of aryl methyl sites for hydroxylation is 4. The molecule has 266 valence electrons. The molecule has 5 heterocycles. The number of nitrogens with one attached hydrogen (secondary N) is 2. The minimum absolute atomic E-state index is 0. The van der Waals surface area contributed by atoms with E-state index in [1.807, 2.05) is 0 Å². The molecule has 2 N–H and O–H groups in total. The normalized spacial score (nSPS) is 11.4. The van der Waals surface area contributed by atoms with Crippen LogP contribution in [0.2, 0.25) is 0 Å². The first-order valence-electron chi connectivity index (χ1n) is 17.8. The van der Waals surface area contributed by atoms with Crippen LogP contribution in [-0.2, 0) is 19.5 Å². The number of H-pyrrole nitrogens is 2. The second kappa shape index (κ2) is 16.2. The van der Waals surface area contributed by atoms with Crippen LogP contribution in [-0.4, -0.2) is 19.9 Å². The Hall–Kier alpha value is -5.32. The zero-order chi connectivity index (χ0) is 35.3. The van der Waals surface area contributed by atoms with Crippen molar-refractivity contribution in [2.75, 3.05) is 0 Å². The Balaban J connectivity index is 0.00000171. The van der Waals surface area contributed by atoms with Crippen molar-refractivity contribution in [3.63, 3.8) is 0 Å². The third kappa shape index (κ3) is 7.53. The van der Waals surface area contributed by atoms with E-state index in [4.69, 9.17) is 9.97 Å². The van der Waals surface area contributed by atoms with Gasteiger partial charge in [0.15, 0.2) is 0 Å². The summed E-state index contributed by atoms with van der Waals surface area (Å²) >= 11 is 0. The van der Waals surface area contributed by atoms with Gasteiger partial charge >= 0.3 is 19.5 Å². The van der Waals surface area contributed by atoms with Crippen molar-refractivity contribution in [1.29, 1.82) is 0 Å². The monoisotopic (exact) mass is 804 g/mol. The van der Waals surface area contributed by atoms with E-state index in [9.17, 15) is 0 Å². The molecular formula is C48H38Cl2N4Zn. The van der Waals surface area contributed by atoms with Crippen LogP contribution in [0.4, 0.5) is 0 Å². The molecule has 8 bridgehead atoms. The number of aromatic amines is 2. The fourth-order valence-corrected chi connectivity index (χ4v) is 7.30. The van der Waals surface area contributed by atoms with Crippen molar-refractivity contribution in [1.82, 2.24) is 19.9 Å². The van der Waals surface area contributed by atoms with Crippen LogP contribution in [0.5, 0.6) is 0 Å². The van der Waals surface area contributed by atoms with Crippen molar-refractivity contribution >= 4 is 46.4 Å². The summed E-state index contributed by atoms with van der Waals surface area (Å²) in [6.45, 7) is 8.49. The summed E-state index contributed by atoms with van der Waals surface area (Å²) in [5.74, 6) is 0. The standard InChI is InChI=1S/C48H38N4.2ClH.Zn/c1-29-5-13-33(14-6-29)45-37-21-23-39(49-37)46(34-15-7-30(2)8-16-34)41-25-27-43(51-41)48(36-19-11-32(4)12-20-36)44-28-26-42(52-44)47(40-24-22-38(45)50-40)35-17-9-31(3)10-18-35;;;/h5-28,49,52H,1-4H3;2*1H;/q;;;+2/p-2. The van der Waals surface area contributed by atoms with Gasteiger partial charge in [-0.05, 0) is 98.5 Å². The zero-order valence-corrected chi connectivity index (χ0v) is 35.7. The van der Waals surface area contributed by atoms with Crippen molar-refractivity contribution < 1.29 is 44.3 Å². The van der Waals surface area contributed by atoms with Gasteiger partial charge in [-0.15, -0.1) is 0 Å². The molecular weight excluding hydrogens is 769 g/mol. The number of aromatic nitrogens is 4. The minimum atomic E-state index is 0. The van der Waals surface area contributed by atoms with Gasteiger partial charge in [0, 0.05) is 44.3 Å². The van der Waals surface area contributed by atoms with E-state index in [-0.39, 0.29) is 44.3 Å². The van der Waals surface area contributed by atoms with Crippen LogP contribution in [0, 0.1) is 27.7 Å². The van der Waals surface area contributed by atoms with Gasteiger partial charge in [-0.3, -0.25) is 0 Å². The molecule has 3 aromatic heterocycles. The van der Waals surface area contributed by atoms with Gasteiger partial charge in [-0.25, -0.2) is 9.97 Å². The molecule has 2 aliphatic heterocycles. The smallest absolute Gasteiger partial charge is 1.00 e. The molecule has 7 heteroatoms. The largest absolute Gasteiger partial charge is 2.00 e. The maximum absolute atomic E-state index is 5.41. The van der Waals surface area contributed by atoms with Crippen molar-refractivity contribution in [3.8, 4) is 44.5 Å². The Labute approximate surface area is 347 Å². The van der Waals surface area contributed by atoms with Gasteiger partial charge in [0.25, 0.3) is 0 Å². The van der Waals surface area contributed by atoms with E-state index in [2.05, 4.69) is 183 Å². The Kier molecular flexibility index (Phi) is 11.6. The number of fused-ring (bicyclic) bond motifs is 8. The quantitative estimate of drug-likeness (QED) is 0.198. The number of rotatable bonds is 4. The van der Waals surface area contributed by atoms with Crippen LogP contribution in [0.3, 0.4) is 0 Å². The van der Waals surface area contributed by atoms with Crippen molar-refractivity contribution in [2.24, 2.45) is 0 Å². The first-order valence-corrected chi connectivity index (χ1v) is 17.8. The van der Waals surface area contributed by atoms with E-state index in [0.29, 0.717) is 0 Å². The molecule has 0 aliphatic carbocycles. The first-order chi connectivity index (χ1) is 25.4. The molecule has 0 saturated heterocycles. The molecule has 0 radical (unpaired) electrons. The fraction of sp³-hybridized carbons (Fsp3) is 0.0833. The van der Waals surface area contributed by atoms with Crippen LogP contribution >= 0.6 is 0 Å². The zero-order valence-electron chi connectivity index (χ0n) is 31.2. The molecule has 0 atom stereocenters. The fourth-order valence-electron chi connectivity index (χ4n) is 7.30. The van der Waals surface area contributed by atoms with E-state index in [1.54, 1.807) is 0 Å². The second-order valence-corrected chi connectivity index (χ2v) is 14.0. The Morgan fingerprint density at radius 1 is 0.309 bits per heavy atom. The summed E-state index contributed by atoms with van der Waals surface area (Å²) in [6.07, 6.45) is 8.61. The Morgan fingerprint density at radius 2 is 0.509 bits per heavy atom. The SMILES string of the molecule is Cc1ccc(-c2c3nc(c(-c4ccc(C)cc4)c4ccc([nH]4)c(-c4ccc(C)cc4)c4nc(c(-c5ccc(C)cc5)c5ccc2[nH]5)C=C4)C=C3)cc1.[Cl-].[Cl-].[Zn+2]. The molecule has 4 aromatic carbocycles. The summed E-state index contributed by atoms with van der Waals surface area (Å²) in [6, 6.07) is 43.6. The molecule has 7 aromatic rings. The maximum Gasteiger partial charge on any atom is 2.00 e. The number of hydrogen-bond donors (Lipinski definition) is 2. The predicted molar refractivity (Wildman–Crippen MR) is 220 cm³/mol. The van der Waals surface area contributed by atoms with Gasteiger partial charge < -0.3 is 34.8 Å². The van der Waals surface area contributed by atoms with Crippen molar-refractivity contribution in [2.45, 2.75) is 27.7 Å². The summed E-state index contributed by atoms with van der Waals surface area (Å²) in [5.41, 5.74) is 21.1. The first kappa shape index (κ1) is 39.4. The average Bonchev–Trinajstić information content (AvgIpc) is 3.99. The van der Waals surface area contributed by atoms with Gasteiger partial charge in [-0.1, -0.05) is 119 Å². The summed E-state index contributed by atoms with van der Waals surface area (Å²) in [5, 5.41) is 0. The maximum atomic E-state index is 5.41.